The molecule has 1 unspecified atom stereocenters. The fourth-order valence-corrected chi connectivity index (χ4v) is 3.40. The Morgan fingerprint density at radius 1 is 1.41 bits per heavy atom. The molecule has 0 spiro atoms. The third kappa shape index (κ3) is 4.05. The molecule has 2 rings (SSSR count). The van der Waals surface area contributed by atoms with Crippen LogP contribution in [0.4, 0.5) is 0 Å². The maximum atomic E-state index is 12.4. The first-order valence-corrected chi connectivity index (χ1v) is 8.49. The molecule has 0 aliphatic heterocycles. The number of ether oxygens (including phenoxy) is 1. The molecular weight excluding hydrogens is 304 g/mol. The van der Waals surface area contributed by atoms with Crippen LogP contribution in [0.2, 0.25) is 0 Å². The van der Waals surface area contributed by atoms with Gasteiger partial charge in [0.2, 0.25) is 10.0 Å². The minimum Gasteiger partial charge on any atom is -0.494 e. The van der Waals surface area contributed by atoms with E-state index in [1.54, 1.807) is 36.1 Å². The number of benzene rings is 1. The van der Waals surface area contributed by atoms with Crippen molar-refractivity contribution in [1.82, 2.24) is 19.5 Å². The highest BCUT2D eigenvalue weighted by molar-refractivity contribution is 7.89. The molecule has 0 saturated heterocycles. The Balaban J connectivity index is 2.11. The van der Waals surface area contributed by atoms with Crippen LogP contribution in [-0.4, -0.2) is 35.8 Å². The molecule has 1 aromatic carbocycles. The van der Waals surface area contributed by atoms with Gasteiger partial charge in [0.1, 0.15) is 18.4 Å². The van der Waals surface area contributed by atoms with Crippen LogP contribution >= 0.6 is 0 Å². The van der Waals surface area contributed by atoms with Crippen molar-refractivity contribution in [2.24, 2.45) is 0 Å². The number of aryl methyl sites for hydroxylation is 1. The molecule has 22 heavy (non-hydrogen) atoms. The second-order valence-corrected chi connectivity index (χ2v) is 6.71. The van der Waals surface area contributed by atoms with Gasteiger partial charge >= 0.3 is 0 Å². The van der Waals surface area contributed by atoms with Gasteiger partial charge in [0.15, 0.2) is 0 Å². The molecule has 0 fully saturated rings. The highest BCUT2D eigenvalue weighted by Crippen LogP contribution is 2.21. The predicted octanol–water partition coefficient (Wildman–Crippen LogP) is 1.35. The predicted molar refractivity (Wildman–Crippen MR) is 82.2 cm³/mol. The van der Waals surface area contributed by atoms with Crippen molar-refractivity contribution in [2.75, 3.05) is 6.61 Å². The summed E-state index contributed by atoms with van der Waals surface area (Å²) in [5.41, 5.74) is 0.786. The van der Waals surface area contributed by atoms with E-state index in [9.17, 15) is 8.42 Å². The number of aromatic nitrogens is 3. The molecule has 0 bridgehead atoms. The number of nitrogens with one attached hydrogen (secondary N) is 1. The average Bonchev–Trinajstić information content (AvgIpc) is 2.93. The highest BCUT2D eigenvalue weighted by Gasteiger charge is 2.18. The Kier molecular flexibility index (Phi) is 5.15. The standard InChI is InChI=1S/C14H20N4O3S/c1-4-21-14-6-5-13(7-11(14)2)22(19,20)17-12(3)8-18-10-15-9-16-18/h5-7,9-10,12,17H,4,8H2,1-3H3. The van der Waals surface area contributed by atoms with Gasteiger partial charge in [0.25, 0.3) is 0 Å². The van der Waals surface area contributed by atoms with Crippen LogP contribution in [0.25, 0.3) is 0 Å². The van der Waals surface area contributed by atoms with Crippen LogP contribution < -0.4 is 9.46 Å². The normalized spacial score (nSPS) is 13.0. The zero-order chi connectivity index (χ0) is 16.2. The van der Waals surface area contributed by atoms with Crippen LogP contribution in [0.5, 0.6) is 5.75 Å². The molecule has 1 atom stereocenters. The van der Waals surface area contributed by atoms with E-state index < -0.39 is 10.0 Å². The Labute approximate surface area is 130 Å². The minimum absolute atomic E-state index is 0.221. The molecule has 1 aromatic heterocycles. The van der Waals surface area contributed by atoms with Crippen LogP contribution in [0.15, 0.2) is 35.7 Å². The molecular formula is C14H20N4O3S. The van der Waals surface area contributed by atoms with Crippen molar-refractivity contribution in [3.8, 4) is 5.75 Å². The summed E-state index contributed by atoms with van der Waals surface area (Å²) in [5.74, 6) is 0.692. The maximum absolute atomic E-state index is 12.4. The molecule has 0 saturated carbocycles. The molecule has 0 radical (unpaired) electrons. The first kappa shape index (κ1) is 16.4. The number of hydrogen-bond acceptors (Lipinski definition) is 5. The van der Waals surface area contributed by atoms with Crippen LogP contribution in [-0.2, 0) is 16.6 Å². The van der Waals surface area contributed by atoms with E-state index >= 15 is 0 Å². The summed E-state index contributed by atoms with van der Waals surface area (Å²) in [5, 5.41) is 3.96. The van der Waals surface area contributed by atoms with E-state index in [1.807, 2.05) is 13.8 Å². The van der Waals surface area contributed by atoms with E-state index in [0.717, 1.165) is 5.56 Å². The Morgan fingerprint density at radius 2 is 2.18 bits per heavy atom. The number of nitrogens with zero attached hydrogens (tertiary/aromatic N) is 3. The molecule has 2 aromatic rings. The van der Waals surface area contributed by atoms with Crippen LogP contribution in [0.3, 0.4) is 0 Å². The van der Waals surface area contributed by atoms with Crippen LogP contribution in [0, 0.1) is 6.92 Å². The van der Waals surface area contributed by atoms with Gasteiger partial charge in [-0.25, -0.2) is 18.1 Å². The van der Waals surface area contributed by atoms with Gasteiger partial charge in [-0.15, -0.1) is 0 Å². The van der Waals surface area contributed by atoms with Gasteiger partial charge in [0.05, 0.1) is 18.0 Å². The maximum Gasteiger partial charge on any atom is 0.240 e. The third-order valence-electron chi connectivity index (χ3n) is 3.04. The second kappa shape index (κ2) is 6.89. The van der Waals surface area contributed by atoms with E-state index in [0.29, 0.717) is 18.9 Å². The summed E-state index contributed by atoms with van der Waals surface area (Å²) < 4.78 is 34.4. The minimum atomic E-state index is -3.58. The van der Waals surface area contributed by atoms with Crippen LogP contribution in [0.1, 0.15) is 19.4 Å². The molecule has 0 aliphatic rings. The molecule has 0 aliphatic carbocycles. The SMILES string of the molecule is CCOc1ccc(S(=O)(=O)NC(C)Cn2cncn2)cc1C. The quantitative estimate of drug-likeness (QED) is 0.831. The fourth-order valence-electron chi connectivity index (χ4n) is 2.08. The molecule has 0 amide bonds. The Morgan fingerprint density at radius 3 is 2.77 bits per heavy atom. The van der Waals surface area contributed by atoms with Crippen molar-refractivity contribution in [1.29, 1.82) is 0 Å². The second-order valence-electron chi connectivity index (χ2n) is 5.00. The lowest BCUT2D eigenvalue weighted by atomic mass is 10.2. The van der Waals surface area contributed by atoms with Crippen molar-refractivity contribution >= 4 is 10.0 Å². The van der Waals surface area contributed by atoms with E-state index in [2.05, 4.69) is 14.8 Å². The number of rotatable bonds is 7. The lowest BCUT2D eigenvalue weighted by Crippen LogP contribution is -2.35. The zero-order valence-corrected chi connectivity index (χ0v) is 13.7. The summed E-state index contributed by atoms with van der Waals surface area (Å²) in [4.78, 5) is 4.05. The first-order valence-electron chi connectivity index (χ1n) is 7.00. The van der Waals surface area contributed by atoms with Gasteiger partial charge < -0.3 is 4.74 Å². The molecule has 1 heterocycles. The van der Waals surface area contributed by atoms with Gasteiger partial charge in [-0.2, -0.15) is 5.10 Å². The lowest BCUT2D eigenvalue weighted by molar-refractivity contribution is 0.337. The molecule has 120 valence electrons. The van der Waals surface area contributed by atoms with E-state index in [1.165, 1.54) is 6.33 Å². The monoisotopic (exact) mass is 324 g/mol. The van der Waals surface area contributed by atoms with Gasteiger partial charge in [-0.05, 0) is 44.5 Å². The summed E-state index contributed by atoms with van der Waals surface area (Å²) in [6, 6.07) is 4.52. The topological polar surface area (TPSA) is 86.1 Å². The van der Waals surface area contributed by atoms with Gasteiger partial charge in [-0.3, -0.25) is 4.68 Å². The van der Waals surface area contributed by atoms with Gasteiger partial charge in [-0.1, -0.05) is 0 Å². The molecule has 8 heteroatoms. The largest absolute Gasteiger partial charge is 0.494 e. The molecule has 7 nitrogen and oxygen atoms in total. The fraction of sp³-hybridized carbons (Fsp3) is 0.429. The van der Waals surface area contributed by atoms with E-state index in [4.69, 9.17) is 4.74 Å². The summed E-state index contributed by atoms with van der Waals surface area (Å²) in [6.45, 7) is 6.44. The summed E-state index contributed by atoms with van der Waals surface area (Å²) in [6.07, 6.45) is 2.96. The van der Waals surface area contributed by atoms with Crippen molar-refractivity contribution in [3.05, 3.63) is 36.4 Å². The summed E-state index contributed by atoms with van der Waals surface area (Å²) >= 11 is 0. The highest BCUT2D eigenvalue weighted by atomic mass is 32.2. The van der Waals surface area contributed by atoms with Gasteiger partial charge in [0, 0.05) is 6.04 Å². The Bertz CT molecular complexity index is 714. The van der Waals surface area contributed by atoms with Crippen molar-refractivity contribution in [3.63, 3.8) is 0 Å². The molecule has 1 N–H and O–H groups in total. The Hall–Kier alpha value is -1.93. The number of hydrogen-bond donors (Lipinski definition) is 1. The smallest absolute Gasteiger partial charge is 0.240 e. The van der Waals surface area contributed by atoms with Crippen molar-refractivity contribution < 1.29 is 13.2 Å². The first-order chi connectivity index (χ1) is 10.4. The third-order valence-corrected chi connectivity index (χ3v) is 4.63. The summed E-state index contributed by atoms with van der Waals surface area (Å²) in [7, 11) is -3.58. The lowest BCUT2D eigenvalue weighted by Gasteiger charge is -2.15. The average molecular weight is 324 g/mol. The van der Waals surface area contributed by atoms with E-state index in [-0.39, 0.29) is 10.9 Å². The zero-order valence-electron chi connectivity index (χ0n) is 12.9. The number of sulfonamides is 1. The van der Waals surface area contributed by atoms with Crippen molar-refractivity contribution in [2.45, 2.75) is 38.3 Å².